The van der Waals surface area contributed by atoms with Crippen LogP contribution in [0, 0.1) is 6.92 Å². The van der Waals surface area contributed by atoms with Gasteiger partial charge < -0.3 is 10.6 Å². The van der Waals surface area contributed by atoms with E-state index in [-0.39, 0.29) is 24.6 Å². The lowest BCUT2D eigenvalue weighted by Gasteiger charge is -2.22. The van der Waals surface area contributed by atoms with Gasteiger partial charge in [-0.1, -0.05) is 48.2 Å². The number of benzene rings is 2. The van der Waals surface area contributed by atoms with Crippen molar-refractivity contribution in [1.29, 1.82) is 0 Å². The van der Waals surface area contributed by atoms with Gasteiger partial charge in [0.2, 0.25) is 11.8 Å². The molecule has 0 atom stereocenters. The Labute approximate surface area is 162 Å². The number of aryl methyl sites for hydroxylation is 1. The maximum absolute atomic E-state index is 12.8. The lowest BCUT2D eigenvalue weighted by molar-refractivity contribution is -0.118. The topological polar surface area (TPSA) is 76.3 Å². The molecule has 138 valence electrons. The Morgan fingerprint density at radius 3 is 2.52 bits per heavy atom. The average molecular weight is 379 g/mol. The summed E-state index contributed by atoms with van der Waals surface area (Å²) in [7, 11) is 0. The highest BCUT2D eigenvalue weighted by Crippen LogP contribution is 2.24. The van der Waals surface area contributed by atoms with E-state index >= 15 is 0 Å². The molecular weight excluding hydrogens is 358 g/mol. The zero-order chi connectivity index (χ0) is 19.2. The van der Waals surface area contributed by atoms with Crippen LogP contribution in [0.4, 0.5) is 5.69 Å². The fraction of sp³-hybridized carbons (Fsp3) is 0.190. The number of hydrogen-bond donors (Lipinski definition) is 1. The standard InChI is InChI=1S/C21H21N3O2S/c1-15-13-20(23-18-10-6-5-9-17(15)18)27-14-21(26)24(12-11-19(22)25)16-7-3-2-4-8-16/h2-10,13H,11-12,14H2,1H3,(H2,22,25). The quantitative estimate of drug-likeness (QED) is 0.637. The third kappa shape index (κ3) is 4.86. The highest BCUT2D eigenvalue weighted by Gasteiger charge is 2.17. The van der Waals surface area contributed by atoms with Crippen LogP contribution in [0.5, 0.6) is 0 Å². The number of thioether (sulfide) groups is 1. The number of aromatic nitrogens is 1. The summed E-state index contributed by atoms with van der Waals surface area (Å²) in [6, 6.07) is 19.3. The van der Waals surface area contributed by atoms with Crippen molar-refractivity contribution in [3.05, 3.63) is 66.2 Å². The highest BCUT2D eigenvalue weighted by atomic mass is 32.2. The largest absolute Gasteiger partial charge is 0.370 e. The fourth-order valence-electron chi connectivity index (χ4n) is 2.83. The van der Waals surface area contributed by atoms with Gasteiger partial charge in [0.1, 0.15) is 0 Å². The first-order valence-electron chi connectivity index (χ1n) is 8.67. The molecule has 1 heterocycles. The maximum Gasteiger partial charge on any atom is 0.237 e. The molecule has 0 unspecified atom stereocenters. The van der Waals surface area contributed by atoms with Crippen LogP contribution in [0.15, 0.2) is 65.7 Å². The molecule has 6 heteroatoms. The number of para-hydroxylation sites is 2. The van der Waals surface area contributed by atoms with Crippen molar-refractivity contribution in [3.8, 4) is 0 Å². The minimum Gasteiger partial charge on any atom is -0.370 e. The molecule has 2 N–H and O–H groups in total. The zero-order valence-electron chi connectivity index (χ0n) is 15.1. The van der Waals surface area contributed by atoms with Crippen LogP contribution < -0.4 is 10.6 Å². The molecule has 0 aliphatic carbocycles. The van der Waals surface area contributed by atoms with Gasteiger partial charge >= 0.3 is 0 Å². The van der Waals surface area contributed by atoms with Crippen molar-refractivity contribution < 1.29 is 9.59 Å². The van der Waals surface area contributed by atoms with Crippen LogP contribution in [0.3, 0.4) is 0 Å². The smallest absolute Gasteiger partial charge is 0.237 e. The zero-order valence-corrected chi connectivity index (χ0v) is 15.9. The molecule has 0 spiro atoms. The van der Waals surface area contributed by atoms with Crippen LogP contribution in [0.1, 0.15) is 12.0 Å². The number of carbonyl (C=O) groups excluding carboxylic acids is 2. The highest BCUT2D eigenvalue weighted by molar-refractivity contribution is 7.99. The molecule has 0 bridgehead atoms. The van der Waals surface area contributed by atoms with E-state index < -0.39 is 5.91 Å². The predicted molar refractivity (Wildman–Crippen MR) is 110 cm³/mol. The van der Waals surface area contributed by atoms with Crippen molar-refractivity contribution in [3.63, 3.8) is 0 Å². The van der Waals surface area contributed by atoms with E-state index in [0.29, 0.717) is 0 Å². The van der Waals surface area contributed by atoms with E-state index in [2.05, 4.69) is 4.98 Å². The van der Waals surface area contributed by atoms with Gasteiger partial charge in [-0.3, -0.25) is 9.59 Å². The van der Waals surface area contributed by atoms with Gasteiger partial charge in [-0.25, -0.2) is 4.98 Å². The first-order chi connectivity index (χ1) is 13.0. The van der Waals surface area contributed by atoms with Gasteiger partial charge in [0.25, 0.3) is 0 Å². The van der Waals surface area contributed by atoms with Gasteiger partial charge in [-0.05, 0) is 36.8 Å². The molecule has 0 radical (unpaired) electrons. The van der Waals surface area contributed by atoms with E-state index in [1.54, 1.807) is 4.90 Å². The molecule has 3 rings (SSSR count). The molecule has 5 nitrogen and oxygen atoms in total. The second kappa shape index (κ2) is 8.68. The summed E-state index contributed by atoms with van der Waals surface area (Å²) in [5.74, 6) is -0.276. The normalized spacial score (nSPS) is 10.7. The number of fused-ring (bicyclic) bond motifs is 1. The van der Waals surface area contributed by atoms with Gasteiger partial charge in [0, 0.05) is 24.0 Å². The first kappa shape index (κ1) is 18.9. The number of hydrogen-bond acceptors (Lipinski definition) is 4. The van der Waals surface area contributed by atoms with Crippen LogP contribution in [0.25, 0.3) is 10.9 Å². The van der Waals surface area contributed by atoms with Gasteiger partial charge in [-0.2, -0.15) is 0 Å². The molecule has 27 heavy (non-hydrogen) atoms. The third-order valence-electron chi connectivity index (χ3n) is 4.19. The number of carbonyl (C=O) groups is 2. The molecule has 3 aromatic rings. The molecule has 1 aromatic heterocycles. The molecule has 2 aromatic carbocycles. The molecular formula is C21H21N3O2S. The molecule has 0 saturated heterocycles. The lowest BCUT2D eigenvalue weighted by atomic mass is 10.1. The second-order valence-electron chi connectivity index (χ2n) is 6.18. The number of nitrogens with zero attached hydrogens (tertiary/aromatic N) is 2. The SMILES string of the molecule is Cc1cc(SCC(=O)N(CCC(N)=O)c2ccccc2)nc2ccccc12. The number of primary amides is 1. The van der Waals surface area contributed by atoms with Crippen molar-refractivity contribution in [2.24, 2.45) is 5.73 Å². The Balaban J connectivity index is 1.74. The number of anilines is 1. The minimum absolute atomic E-state index is 0.0833. The number of pyridine rings is 1. The van der Waals surface area contributed by atoms with E-state index in [1.807, 2.05) is 67.6 Å². The summed E-state index contributed by atoms with van der Waals surface area (Å²) < 4.78 is 0. The predicted octanol–water partition coefficient (Wildman–Crippen LogP) is 3.54. The van der Waals surface area contributed by atoms with E-state index in [9.17, 15) is 9.59 Å². The average Bonchev–Trinajstić information content (AvgIpc) is 2.67. The van der Waals surface area contributed by atoms with Crippen LogP contribution in [-0.4, -0.2) is 29.1 Å². The third-order valence-corrected chi connectivity index (χ3v) is 5.09. The Bertz CT molecular complexity index is 960. The first-order valence-corrected chi connectivity index (χ1v) is 9.66. The fourth-order valence-corrected chi connectivity index (χ4v) is 3.68. The Hall–Kier alpha value is -2.86. The van der Waals surface area contributed by atoms with Crippen molar-refractivity contribution >= 4 is 40.2 Å². The Kier molecular flexibility index (Phi) is 6.08. The number of nitrogens with two attached hydrogens (primary N) is 1. The Morgan fingerprint density at radius 2 is 1.78 bits per heavy atom. The van der Waals surface area contributed by atoms with Crippen molar-refractivity contribution in [1.82, 2.24) is 4.98 Å². The van der Waals surface area contributed by atoms with Crippen molar-refractivity contribution in [2.75, 3.05) is 17.2 Å². The van der Waals surface area contributed by atoms with E-state index in [0.717, 1.165) is 27.2 Å². The number of amides is 2. The monoisotopic (exact) mass is 379 g/mol. The van der Waals surface area contributed by atoms with E-state index in [4.69, 9.17) is 5.73 Å². The summed E-state index contributed by atoms with van der Waals surface area (Å²) >= 11 is 1.40. The lowest BCUT2D eigenvalue weighted by Crippen LogP contribution is -2.35. The minimum atomic E-state index is -0.428. The van der Waals surface area contributed by atoms with Gasteiger partial charge in [0.15, 0.2) is 0 Å². The van der Waals surface area contributed by atoms with Crippen LogP contribution in [0.2, 0.25) is 0 Å². The molecule has 2 amide bonds. The second-order valence-corrected chi connectivity index (χ2v) is 7.18. The summed E-state index contributed by atoms with van der Waals surface area (Å²) in [6.45, 7) is 2.31. The summed E-state index contributed by atoms with van der Waals surface area (Å²) in [5, 5.41) is 1.92. The molecule has 0 aliphatic rings. The summed E-state index contributed by atoms with van der Waals surface area (Å²) in [5.41, 5.74) is 8.06. The van der Waals surface area contributed by atoms with Crippen molar-refractivity contribution in [2.45, 2.75) is 18.4 Å². The molecule has 0 aliphatic heterocycles. The van der Waals surface area contributed by atoms with E-state index in [1.165, 1.54) is 11.8 Å². The Morgan fingerprint density at radius 1 is 1.07 bits per heavy atom. The summed E-state index contributed by atoms with van der Waals surface area (Å²) in [4.78, 5) is 30.2. The maximum atomic E-state index is 12.8. The summed E-state index contributed by atoms with van der Waals surface area (Å²) in [6.07, 6.45) is 0.124. The van der Waals surface area contributed by atoms with Gasteiger partial charge in [-0.15, -0.1) is 0 Å². The van der Waals surface area contributed by atoms with Crippen LogP contribution >= 0.6 is 11.8 Å². The molecule has 0 fully saturated rings. The molecule has 0 saturated carbocycles. The number of rotatable bonds is 7. The van der Waals surface area contributed by atoms with Crippen LogP contribution in [-0.2, 0) is 9.59 Å². The van der Waals surface area contributed by atoms with Gasteiger partial charge in [0.05, 0.1) is 16.3 Å².